The first-order chi connectivity index (χ1) is 11.6. The molecular weight excluding hydrogens is 296 g/mol. The largest absolute Gasteiger partial charge is 0.322 e. The van der Waals surface area contributed by atoms with Crippen molar-refractivity contribution in [1.82, 2.24) is 0 Å². The summed E-state index contributed by atoms with van der Waals surface area (Å²) in [4.78, 5) is 19.7. The Kier molecular flexibility index (Phi) is 5.09. The molecule has 0 saturated heterocycles. The second-order valence-corrected chi connectivity index (χ2v) is 6.42. The number of hydrogen-bond acceptors (Lipinski definition) is 3. The lowest BCUT2D eigenvalue weighted by molar-refractivity contribution is 0.100. The smallest absolute Gasteiger partial charge is 0.182 e. The van der Waals surface area contributed by atoms with Crippen LogP contribution in [0.3, 0.4) is 0 Å². The number of carbonyl (C=O) groups is 1. The van der Waals surface area contributed by atoms with Gasteiger partial charge in [-0.25, -0.2) is 0 Å². The topological polar surface area (TPSA) is 32.7 Å². The molecule has 0 fully saturated rings. The molecule has 0 aliphatic carbocycles. The Bertz CT molecular complexity index is 750. The highest BCUT2D eigenvalue weighted by Gasteiger charge is 2.20. The number of para-hydroxylation sites is 1. The van der Waals surface area contributed by atoms with Gasteiger partial charge in [0.05, 0.1) is 6.54 Å². The number of nitrogens with zero attached hydrogens (tertiary/aromatic N) is 2. The first kappa shape index (κ1) is 16.4. The molecule has 0 spiro atoms. The molecule has 0 amide bonds. The van der Waals surface area contributed by atoms with Gasteiger partial charge in [-0.05, 0) is 44.4 Å². The molecule has 2 aromatic rings. The number of benzene rings is 2. The number of aliphatic imine (C=N–C) groups is 1. The molecule has 0 atom stereocenters. The van der Waals surface area contributed by atoms with Crippen LogP contribution in [0.15, 0.2) is 53.5 Å². The van der Waals surface area contributed by atoms with Gasteiger partial charge >= 0.3 is 0 Å². The fraction of sp³-hybridized carbons (Fsp3) is 0.333. The predicted molar refractivity (Wildman–Crippen MR) is 100 cm³/mol. The molecule has 0 saturated carbocycles. The van der Waals surface area contributed by atoms with Gasteiger partial charge in [0.15, 0.2) is 5.78 Å². The number of aryl methyl sites for hydroxylation is 2. The number of anilines is 1. The van der Waals surface area contributed by atoms with Gasteiger partial charge in [-0.3, -0.25) is 9.79 Å². The highest BCUT2D eigenvalue weighted by atomic mass is 16.1. The zero-order valence-corrected chi connectivity index (χ0v) is 14.5. The molecule has 0 radical (unpaired) electrons. The van der Waals surface area contributed by atoms with Crippen molar-refractivity contribution >= 4 is 17.3 Å². The van der Waals surface area contributed by atoms with E-state index >= 15 is 0 Å². The van der Waals surface area contributed by atoms with Crippen molar-refractivity contribution in [3.05, 3.63) is 65.2 Å². The summed E-state index contributed by atoms with van der Waals surface area (Å²) >= 11 is 0. The zero-order chi connectivity index (χ0) is 16.9. The Morgan fingerprint density at radius 2 is 1.88 bits per heavy atom. The summed E-state index contributed by atoms with van der Waals surface area (Å²) in [6.07, 6.45) is 3.21. The summed E-state index contributed by atoms with van der Waals surface area (Å²) in [5.74, 6) is 1.18. The number of Topliss-reactive ketones (excluding diaryl/α,β-unsaturated/α-hetero) is 1. The van der Waals surface area contributed by atoms with Gasteiger partial charge in [0, 0.05) is 24.2 Å². The summed E-state index contributed by atoms with van der Waals surface area (Å²) in [6, 6.07) is 16.1. The van der Waals surface area contributed by atoms with E-state index < -0.39 is 0 Å². The van der Waals surface area contributed by atoms with Crippen LogP contribution in [0.5, 0.6) is 0 Å². The van der Waals surface area contributed by atoms with E-state index in [0.29, 0.717) is 6.54 Å². The van der Waals surface area contributed by atoms with Gasteiger partial charge in [0.2, 0.25) is 0 Å². The van der Waals surface area contributed by atoms with Crippen LogP contribution in [0.25, 0.3) is 0 Å². The fourth-order valence-corrected chi connectivity index (χ4v) is 3.20. The van der Waals surface area contributed by atoms with Crippen LogP contribution in [-0.2, 0) is 0 Å². The van der Waals surface area contributed by atoms with Gasteiger partial charge < -0.3 is 4.90 Å². The van der Waals surface area contributed by atoms with E-state index in [1.807, 2.05) is 56.3 Å². The third-order valence-corrected chi connectivity index (χ3v) is 4.47. The monoisotopic (exact) mass is 320 g/mol. The van der Waals surface area contributed by atoms with E-state index in [1.54, 1.807) is 0 Å². The Morgan fingerprint density at radius 3 is 2.54 bits per heavy atom. The van der Waals surface area contributed by atoms with Gasteiger partial charge in [0.25, 0.3) is 0 Å². The van der Waals surface area contributed by atoms with Crippen molar-refractivity contribution in [1.29, 1.82) is 0 Å². The second-order valence-electron chi connectivity index (χ2n) is 6.42. The Balaban J connectivity index is 1.89. The van der Waals surface area contributed by atoms with E-state index in [4.69, 9.17) is 0 Å². The molecule has 124 valence electrons. The van der Waals surface area contributed by atoms with Crippen LogP contribution < -0.4 is 4.90 Å². The Labute approximate surface area is 144 Å². The minimum absolute atomic E-state index is 0.143. The molecule has 1 heterocycles. The highest BCUT2D eigenvalue weighted by Crippen LogP contribution is 2.20. The minimum Gasteiger partial charge on any atom is -0.322 e. The van der Waals surface area contributed by atoms with Crippen molar-refractivity contribution in [3.63, 3.8) is 0 Å². The van der Waals surface area contributed by atoms with E-state index in [-0.39, 0.29) is 5.78 Å². The van der Waals surface area contributed by atoms with E-state index in [0.717, 1.165) is 48.5 Å². The summed E-state index contributed by atoms with van der Waals surface area (Å²) in [7, 11) is 0. The number of carbonyl (C=O) groups excluding carboxylic acids is 1. The third kappa shape index (κ3) is 3.73. The molecule has 0 unspecified atom stereocenters. The molecule has 3 nitrogen and oxygen atoms in total. The molecule has 0 N–H and O–H groups in total. The van der Waals surface area contributed by atoms with Gasteiger partial charge in [0.1, 0.15) is 5.84 Å². The first-order valence-electron chi connectivity index (χ1n) is 8.61. The average molecular weight is 320 g/mol. The molecule has 3 rings (SSSR count). The average Bonchev–Trinajstić information content (AvgIpc) is 2.61. The Hall–Kier alpha value is -2.42. The summed E-state index contributed by atoms with van der Waals surface area (Å²) in [5, 5.41) is 0. The van der Waals surface area contributed by atoms with Crippen molar-refractivity contribution in [2.45, 2.75) is 33.1 Å². The van der Waals surface area contributed by atoms with E-state index in [9.17, 15) is 4.79 Å². The zero-order valence-electron chi connectivity index (χ0n) is 14.5. The standard InChI is InChI=1S/C21H24N2O/c1-16-11-12-19(17(2)14-16)20(24)15-23(18-8-4-3-5-9-18)21-10-6-7-13-22-21/h3-5,8-9,11-12,14H,6-7,10,13,15H2,1-2H3. The molecule has 1 aliphatic rings. The van der Waals surface area contributed by atoms with Crippen LogP contribution in [0.4, 0.5) is 5.69 Å². The normalized spacial score (nSPS) is 14.2. The van der Waals surface area contributed by atoms with Crippen LogP contribution in [-0.4, -0.2) is 24.7 Å². The molecule has 1 aliphatic heterocycles. The number of ketones is 1. The molecule has 0 aromatic heterocycles. The van der Waals surface area contributed by atoms with E-state index in [1.165, 1.54) is 5.56 Å². The summed E-state index contributed by atoms with van der Waals surface area (Å²) in [6.45, 7) is 5.25. The predicted octanol–water partition coefficient (Wildman–Crippen LogP) is 4.58. The quantitative estimate of drug-likeness (QED) is 0.773. The van der Waals surface area contributed by atoms with Crippen LogP contribution in [0.1, 0.15) is 40.7 Å². The van der Waals surface area contributed by atoms with Crippen molar-refractivity contribution in [3.8, 4) is 0 Å². The SMILES string of the molecule is Cc1ccc(C(=O)CN(C2=NCCCC2)c2ccccc2)c(C)c1. The van der Waals surface area contributed by atoms with Crippen LogP contribution in [0.2, 0.25) is 0 Å². The molecular formula is C21H24N2O. The number of rotatable bonds is 4. The third-order valence-electron chi connectivity index (χ3n) is 4.47. The lowest BCUT2D eigenvalue weighted by atomic mass is 10.0. The second kappa shape index (κ2) is 7.43. The summed E-state index contributed by atoms with van der Waals surface area (Å²) < 4.78 is 0. The van der Waals surface area contributed by atoms with Crippen LogP contribution in [0, 0.1) is 13.8 Å². The first-order valence-corrected chi connectivity index (χ1v) is 8.61. The maximum absolute atomic E-state index is 12.9. The molecule has 0 bridgehead atoms. The van der Waals surface area contributed by atoms with Gasteiger partial charge in [-0.2, -0.15) is 0 Å². The molecule has 2 aromatic carbocycles. The van der Waals surface area contributed by atoms with Gasteiger partial charge in [-0.1, -0.05) is 42.0 Å². The number of amidine groups is 1. The lowest BCUT2D eigenvalue weighted by Crippen LogP contribution is -2.37. The van der Waals surface area contributed by atoms with Crippen molar-refractivity contribution < 1.29 is 4.79 Å². The van der Waals surface area contributed by atoms with E-state index in [2.05, 4.69) is 16.0 Å². The van der Waals surface area contributed by atoms with Gasteiger partial charge in [-0.15, -0.1) is 0 Å². The minimum atomic E-state index is 0.143. The molecule has 24 heavy (non-hydrogen) atoms. The maximum Gasteiger partial charge on any atom is 0.182 e. The summed E-state index contributed by atoms with van der Waals surface area (Å²) in [5.41, 5.74) is 4.06. The van der Waals surface area contributed by atoms with Crippen LogP contribution >= 0.6 is 0 Å². The molecule has 3 heteroatoms. The fourth-order valence-electron chi connectivity index (χ4n) is 3.20. The lowest BCUT2D eigenvalue weighted by Gasteiger charge is -2.28. The number of hydrogen-bond donors (Lipinski definition) is 0. The van der Waals surface area contributed by atoms with Crippen molar-refractivity contribution in [2.75, 3.05) is 18.0 Å². The highest BCUT2D eigenvalue weighted by molar-refractivity contribution is 6.07. The Morgan fingerprint density at radius 1 is 1.08 bits per heavy atom. The maximum atomic E-state index is 12.9. The van der Waals surface area contributed by atoms with Crippen molar-refractivity contribution in [2.24, 2.45) is 4.99 Å².